The standard InChI is InChI=1S/C21H22O6/c1-22-21-18-17(26-20(27-18)14-10-6-3-7-11-14)16-15(24-21)12-23-19(25-16)13-8-4-2-5-9-13/h2-11,15-21H,12H2,1H3/t15-,16-,17+,18+,19?,20-,21+/m1/s1. The van der Waals surface area contributed by atoms with Gasteiger partial charge in [0.1, 0.15) is 24.4 Å². The molecule has 5 rings (SSSR count). The molecule has 0 aliphatic carbocycles. The summed E-state index contributed by atoms with van der Waals surface area (Å²) in [5.74, 6) is 0. The lowest BCUT2D eigenvalue weighted by Gasteiger charge is -2.45. The zero-order chi connectivity index (χ0) is 18.2. The summed E-state index contributed by atoms with van der Waals surface area (Å²) in [7, 11) is 1.61. The molecule has 6 heteroatoms. The smallest absolute Gasteiger partial charge is 0.186 e. The van der Waals surface area contributed by atoms with Crippen molar-refractivity contribution in [1.82, 2.24) is 0 Å². The summed E-state index contributed by atoms with van der Waals surface area (Å²) in [6.07, 6.45) is -2.67. The Balaban J connectivity index is 1.39. The van der Waals surface area contributed by atoms with Crippen molar-refractivity contribution in [3.63, 3.8) is 0 Å². The van der Waals surface area contributed by atoms with Crippen LogP contribution in [0.25, 0.3) is 0 Å². The lowest BCUT2D eigenvalue weighted by atomic mass is 9.98. The van der Waals surface area contributed by atoms with Crippen LogP contribution in [0.2, 0.25) is 0 Å². The van der Waals surface area contributed by atoms with Gasteiger partial charge < -0.3 is 28.4 Å². The minimum atomic E-state index is -0.523. The maximum absolute atomic E-state index is 6.27. The minimum absolute atomic E-state index is 0.269. The highest BCUT2D eigenvalue weighted by Crippen LogP contribution is 2.43. The van der Waals surface area contributed by atoms with Crippen LogP contribution in [0.4, 0.5) is 0 Å². The zero-order valence-electron chi connectivity index (χ0n) is 15.0. The van der Waals surface area contributed by atoms with Crippen molar-refractivity contribution in [2.24, 2.45) is 0 Å². The van der Waals surface area contributed by atoms with E-state index in [9.17, 15) is 0 Å². The van der Waals surface area contributed by atoms with E-state index in [1.807, 2.05) is 60.7 Å². The molecule has 3 aliphatic rings. The molecule has 3 saturated heterocycles. The summed E-state index contributed by atoms with van der Waals surface area (Å²) in [6, 6.07) is 19.8. The maximum atomic E-state index is 6.27. The van der Waals surface area contributed by atoms with Gasteiger partial charge in [-0.25, -0.2) is 0 Å². The fourth-order valence-corrected chi connectivity index (χ4v) is 3.90. The van der Waals surface area contributed by atoms with Crippen LogP contribution in [0.5, 0.6) is 0 Å². The number of fused-ring (bicyclic) bond motifs is 3. The Labute approximate surface area is 157 Å². The molecule has 0 saturated carbocycles. The molecule has 2 aromatic rings. The number of methoxy groups -OCH3 is 1. The fraction of sp³-hybridized carbons (Fsp3) is 0.429. The van der Waals surface area contributed by atoms with Crippen molar-refractivity contribution in [1.29, 1.82) is 0 Å². The number of rotatable bonds is 3. The molecule has 27 heavy (non-hydrogen) atoms. The second kappa shape index (κ2) is 7.31. The van der Waals surface area contributed by atoms with Crippen molar-refractivity contribution >= 4 is 0 Å². The van der Waals surface area contributed by atoms with Gasteiger partial charge in [0.25, 0.3) is 0 Å². The second-order valence-electron chi connectivity index (χ2n) is 6.90. The fourth-order valence-electron chi connectivity index (χ4n) is 3.90. The van der Waals surface area contributed by atoms with Crippen molar-refractivity contribution in [3.8, 4) is 0 Å². The van der Waals surface area contributed by atoms with Gasteiger partial charge in [0.2, 0.25) is 0 Å². The Hall–Kier alpha value is -1.80. The van der Waals surface area contributed by atoms with Crippen LogP contribution in [0.1, 0.15) is 23.7 Å². The third kappa shape index (κ3) is 3.18. The van der Waals surface area contributed by atoms with Gasteiger partial charge in [-0.3, -0.25) is 0 Å². The Bertz CT molecular complexity index is 754. The first-order valence-corrected chi connectivity index (χ1v) is 9.19. The number of benzene rings is 2. The van der Waals surface area contributed by atoms with Crippen LogP contribution in [-0.4, -0.2) is 44.4 Å². The first-order chi connectivity index (χ1) is 13.3. The molecule has 0 aromatic heterocycles. The van der Waals surface area contributed by atoms with E-state index in [0.29, 0.717) is 6.61 Å². The molecule has 3 fully saturated rings. The predicted octanol–water partition coefficient (Wildman–Crippen LogP) is 2.95. The highest BCUT2D eigenvalue weighted by Gasteiger charge is 2.56. The largest absolute Gasteiger partial charge is 0.353 e. The first kappa shape index (κ1) is 17.3. The lowest BCUT2D eigenvalue weighted by Crippen LogP contribution is -2.61. The predicted molar refractivity (Wildman–Crippen MR) is 94.6 cm³/mol. The number of ether oxygens (including phenoxy) is 6. The highest BCUT2D eigenvalue weighted by atomic mass is 16.8. The molecule has 0 N–H and O–H groups in total. The van der Waals surface area contributed by atoms with E-state index in [0.717, 1.165) is 11.1 Å². The van der Waals surface area contributed by atoms with E-state index in [-0.39, 0.29) is 24.4 Å². The Kier molecular flexibility index (Phi) is 4.69. The summed E-state index contributed by atoms with van der Waals surface area (Å²) in [6.45, 7) is 0.409. The summed E-state index contributed by atoms with van der Waals surface area (Å²) >= 11 is 0. The van der Waals surface area contributed by atoms with Crippen LogP contribution in [0.15, 0.2) is 60.7 Å². The van der Waals surface area contributed by atoms with E-state index < -0.39 is 18.9 Å². The molecule has 142 valence electrons. The summed E-state index contributed by atoms with van der Waals surface area (Å²) < 4.78 is 36.1. The highest BCUT2D eigenvalue weighted by molar-refractivity contribution is 5.18. The minimum Gasteiger partial charge on any atom is -0.353 e. The van der Waals surface area contributed by atoms with Gasteiger partial charge in [-0.15, -0.1) is 0 Å². The Morgan fingerprint density at radius 3 is 1.96 bits per heavy atom. The summed E-state index contributed by atoms with van der Waals surface area (Å²) in [4.78, 5) is 0. The van der Waals surface area contributed by atoms with Gasteiger partial charge in [0.05, 0.1) is 6.61 Å². The molecule has 0 bridgehead atoms. The van der Waals surface area contributed by atoms with Crippen LogP contribution >= 0.6 is 0 Å². The third-order valence-corrected chi connectivity index (χ3v) is 5.22. The van der Waals surface area contributed by atoms with E-state index >= 15 is 0 Å². The topological polar surface area (TPSA) is 55.4 Å². The Morgan fingerprint density at radius 1 is 0.704 bits per heavy atom. The lowest BCUT2D eigenvalue weighted by molar-refractivity contribution is -0.343. The van der Waals surface area contributed by atoms with Gasteiger partial charge >= 0.3 is 0 Å². The zero-order valence-corrected chi connectivity index (χ0v) is 15.0. The van der Waals surface area contributed by atoms with E-state index in [2.05, 4.69) is 0 Å². The van der Waals surface area contributed by atoms with Gasteiger partial charge in [0, 0.05) is 18.2 Å². The maximum Gasteiger partial charge on any atom is 0.186 e. The number of hydrogen-bond acceptors (Lipinski definition) is 6. The van der Waals surface area contributed by atoms with Gasteiger partial charge in [-0.05, 0) is 0 Å². The summed E-state index contributed by atoms with van der Waals surface area (Å²) in [5.41, 5.74) is 1.94. The summed E-state index contributed by atoms with van der Waals surface area (Å²) in [5, 5.41) is 0. The van der Waals surface area contributed by atoms with Crippen LogP contribution in [-0.2, 0) is 28.4 Å². The molecule has 1 unspecified atom stereocenters. The van der Waals surface area contributed by atoms with E-state index in [1.54, 1.807) is 7.11 Å². The van der Waals surface area contributed by atoms with Crippen LogP contribution in [0.3, 0.4) is 0 Å². The molecule has 0 spiro atoms. The van der Waals surface area contributed by atoms with Gasteiger partial charge in [-0.2, -0.15) is 0 Å². The average Bonchev–Trinajstić information content (AvgIpc) is 3.20. The number of hydrogen-bond donors (Lipinski definition) is 0. The molecule has 3 heterocycles. The van der Waals surface area contributed by atoms with Crippen molar-refractivity contribution < 1.29 is 28.4 Å². The quantitative estimate of drug-likeness (QED) is 0.828. The molecule has 3 aliphatic heterocycles. The van der Waals surface area contributed by atoms with Gasteiger partial charge in [0.15, 0.2) is 18.9 Å². The molecular formula is C21H22O6. The first-order valence-electron chi connectivity index (χ1n) is 9.19. The molecule has 0 amide bonds. The Morgan fingerprint density at radius 2 is 1.30 bits per heavy atom. The molecule has 6 nitrogen and oxygen atoms in total. The van der Waals surface area contributed by atoms with Crippen LogP contribution in [0, 0.1) is 0 Å². The van der Waals surface area contributed by atoms with Crippen LogP contribution < -0.4 is 0 Å². The van der Waals surface area contributed by atoms with Crippen molar-refractivity contribution in [3.05, 3.63) is 71.8 Å². The molecule has 0 radical (unpaired) electrons. The monoisotopic (exact) mass is 370 g/mol. The van der Waals surface area contributed by atoms with E-state index in [1.165, 1.54) is 0 Å². The molecule has 2 aromatic carbocycles. The van der Waals surface area contributed by atoms with Crippen molar-refractivity contribution in [2.75, 3.05) is 13.7 Å². The molecular weight excluding hydrogens is 348 g/mol. The van der Waals surface area contributed by atoms with Gasteiger partial charge in [-0.1, -0.05) is 60.7 Å². The van der Waals surface area contributed by atoms with Crippen molar-refractivity contribution in [2.45, 2.75) is 43.3 Å². The SMILES string of the molecule is CO[C@H]1O[C@@H]2COC(c3ccccc3)O[C@H]2[C@@H]2O[C@@H](c3ccccc3)O[C@H]12. The second-order valence-corrected chi connectivity index (χ2v) is 6.90. The van der Waals surface area contributed by atoms with E-state index in [4.69, 9.17) is 28.4 Å². The third-order valence-electron chi connectivity index (χ3n) is 5.22. The average molecular weight is 370 g/mol. The normalized spacial score (nSPS) is 38.2. The molecule has 7 atom stereocenters.